The Labute approximate surface area is 183 Å². The lowest BCUT2D eigenvalue weighted by Gasteiger charge is -2.21. The molecule has 7 nitrogen and oxygen atoms in total. The first-order chi connectivity index (χ1) is 15.0. The van der Waals surface area contributed by atoms with Gasteiger partial charge in [0, 0.05) is 38.2 Å². The van der Waals surface area contributed by atoms with Gasteiger partial charge in [-0.2, -0.15) is 0 Å². The second-order valence-corrected chi connectivity index (χ2v) is 8.01. The van der Waals surface area contributed by atoms with Crippen LogP contribution in [0.3, 0.4) is 0 Å². The first kappa shape index (κ1) is 21.1. The van der Waals surface area contributed by atoms with Gasteiger partial charge in [0.2, 0.25) is 0 Å². The summed E-state index contributed by atoms with van der Waals surface area (Å²) in [5.74, 6) is 2.28. The monoisotopic (exact) mass is 419 g/mol. The minimum absolute atomic E-state index is 0.154. The molecule has 3 aromatic rings. The fourth-order valence-electron chi connectivity index (χ4n) is 4.00. The Kier molecular flexibility index (Phi) is 6.32. The van der Waals surface area contributed by atoms with E-state index >= 15 is 0 Å². The third kappa shape index (κ3) is 4.77. The van der Waals surface area contributed by atoms with E-state index in [0.717, 1.165) is 44.2 Å². The van der Waals surface area contributed by atoms with Crippen LogP contribution in [0.2, 0.25) is 0 Å². The molecule has 1 amide bonds. The predicted molar refractivity (Wildman–Crippen MR) is 119 cm³/mol. The Morgan fingerprint density at radius 3 is 2.77 bits per heavy atom. The van der Waals surface area contributed by atoms with Crippen LogP contribution < -0.4 is 10.1 Å². The van der Waals surface area contributed by atoms with E-state index in [0.29, 0.717) is 11.3 Å². The van der Waals surface area contributed by atoms with Gasteiger partial charge in [-0.1, -0.05) is 30.3 Å². The van der Waals surface area contributed by atoms with E-state index in [1.807, 2.05) is 19.1 Å². The zero-order valence-electron chi connectivity index (χ0n) is 18.3. The second-order valence-electron chi connectivity index (χ2n) is 8.01. The molecular formula is C24H29N5O2. The molecule has 0 bridgehead atoms. The number of benzene rings is 2. The van der Waals surface area contributed by atoms with E-state index in [2.05, 4.69) is 56.2 Å². The molecule has 0 saturated carbocycles. The lowest BCUT2D eigenvalue weighted by molar-refractivity contribution is 0.0937. The van der Waals surface area contributed by atoms with Crippen molar-refractivity contribution < 1.29 is 9.53 Å². The third-order valence-electron chi connectivity index (χ3n) is 5.87. The number of nitrogens with one attached hydrogen (secondary N) is 1. The third-order valence-corrected chi connectivity index (χ3v) is 5.87. The van der Waals surface area contributed by atoms with Crippen LogP contribution in [-0.2, 0) is 19.5 Å². The molecule has 1 N–H and O–H groups in total. The zero-order valence-corrected chi connectivity index (χ0v) is 18.3. The molecule has 4 rings (SSSR count). The van der Waals surface area contributed by atoms with Crippen LogP contribution in [-0.4, -0.2) is 45.8 Å². The number of nitrogens with zero attached hydrogens (tertiary/aromatic N) is 4. The highest BCUT2D eigenvalue weighted by Gasteiger charge is 2.23. The molecule has 2 aromatic carbocycles. The van der Waals surface area contributed by atoms with Crippen molar-refractivity contribution in [1.29, 1.82) is 0 Å². The summed E-state index contributed by atoms with van der Waals surface area (Å²) in [6, 6.07) is 15.4. The van der Waals surface area contributed by atoms with E-state index in [-0.39, 0.29) is 11.9 Å². The summed E-state index contributed by atoms with van der Waals surface area (Å²) in [6.45, 7) is 7.71. The molecule has 0 saturated heterocycles. The smallest absolute Gasteiger partial charge is 0.251 e. The van der Waals surface area contributed by atoms with Gasteiger partial charge in [-0.3, -0.25) is 9.69 Å². The Morgan fingerprint density at radius 2 is 1.97 bits per heavy atom. The van der Waals surface area contributed by atoms with Gasteiger partial charge in [0.25, 0.3) is 5.91 Å². The van der Waals surface area contributed by atoms with Crippen molar-refractivity contribution in [3.63, 3.8) is 0 Å². The van der Waals surface area contributed by atoms with Crippen LogP contribution in [0.25, 0.3) is 0 Å². The van der Waals surface area contributed by atoms with Gasteiger partial charge in [0.05, 0.1) is 13.2 Å². The average molecular weight is 420 g/mol. The molecule has 31 heavy (non-hydrogen) atoms. The maximum Gasteiger partial charge on any atom is 0.251 e. The quantitative estimate of drug-likeness (QED) is 0.665. The average Bonchev–Trinajstić information content (AvgIpc) is 3.09. The van der Waals surface area contributed by atoms with Crippen LogP contribution in [0.15, 0.2) is 48.5 Å². The number of carbonyl (C=O) groups excluding carboxylic acids is 1. The van der Waals surface area contributed by atoms with E-state index < -0.39 is 0 Å². The number of methoxy groups -OCH3 is 1. The fraction of sp³-hybridized carbons (Fsp3) is 0.375. The lowest BCUT2D eigenvalue weighted by atomic mass is 10.1. The Morgan fingerprint density at radius 1 is 1.13 bits per heavy atom. The predicted octanol–water partition coefficient (Wildman–Crippen LogP) is 3.14. The molecule has 1 atom stereocenters. The number of amides is 1. The van der Waals surface area contributed by atoms with Crippen LogP contribution >= 0.6 is 0 Å². The summed E-state index contributed by atoms with van der Waals surface area (Å²) in [5.41, 5.74) is 3.24. The first-order valence-electron chi connectivity index (χ1n) is 10.7. The van der Waals surface area contributed by atoms with Crippen molar-refractivity contribution in [2.24, 2.45) is 0 Å². The highest BCUT2D eigenvalue weighted by molar-refractivity contribution is 5.94. The van der Waals surface area contributed by atoms with Gasteiger partial charge in [-0.05, 0) is 43.2 Å². The van der Waals surface area contributed by atoms with Crippen LogP contribution in [0.5, 0.6) is 5.75 Å². The SMILES string of the molecule is COc1cccc(C(=O)NC(C)c2nnc3n2CCN(Cc2ccccc2C)CC3)c1. The number of aromatic nitrogens is 3. The topological polar surface area (TPSA) is 72.3 Å². The second kappa shape index (κ2) is 9.31. The van der Waals surface area contributed by atoms with E-state index in [1.54, 1.807) is 19.2 Å². The van der Waals surface area contributed by atoms with Gasteiger partial charge in [0.1, 0.15) is 11.6 Å². The lowest BCUT2D eigenvalue weighted by Crippen LogP contribution is -2.30. The molecule has 1 aromatic heterocycles. The number of aryl methyl sites for hydroxylation is 1. The standard InChI is InChI=1S/C24H29N5O2/c1-17-7-4-5-8-20(17)16-28-12-11-22-26-27-23(29(22)14-13-28)18(2)25-24(30)19-9-6-10-21(15-19)31-3/h4-10,15,18H,11-14,16H2,1-3H3,(H,25,30). The molecule has 7 heteroatoms. The number of hydrogen-bond donors (Lipinski definition) is 1. The number of ether oxygens (including phenoxy) is 1. The van der Waals surface area contributed by atoms with E-state index in [4.69, 9.17) is 4.74 Å². The van der Waals surface area contributed by atoms with Crippen molar-refractivity contribution in [2.45, 2.75) is 39.4 Å². The highest BCUT2D eigenvalue weighted by Crippen LogP contribution is 2.19. The van der Waals surface area contributed by atoms with E-state index in [1.165, 1.54) is 11.1 Å². The number of carbonyl (C=O) groups is 1. The molecule has 1 aliphatic rings. The van der Waals surface area contributed by atoms with Crippen molar-refractivity contribution in [3.05, 3.63) is 76.9 Å². The summed E-state index contributed by atoms with van der Waals surface area (Å²) in [6.07, 6.45) is 0.843. The molecule has 162 valence electrons. The molecule has 1 aliphatic heterocycles. The van der Waals surface area contributed by atoms with Gasteiger partial charge in [-0.15, -0.1) is 10.2 Å². The van der Waals surface area contributed by atoms with Crippen LogP contribution in [0.4, 0.5) is 0 Å². The Balaban J connectivity index is 1.43. The molecule has 0 spiro atoms. The summed E-state index contributed by atoms with van der Waals surface area (Å²) < 4.78 is 7.38. The van der Waals surface area contributed by atoms with Gasteiger partial charge in [0.15, 0.2) is 5.82 Å². The first-order valence-corrected chi connectivity index (χ1v) is 10.7. The molecule has 0 radical (unpaired) electrons. The number of rotatable bonds is 6. The van der Waals surface area contributed by atoms with Gasteiger partial charge >= 0.3 is 0 Å². The maximum atomic E-state index is 12.7. The van der Waals surface area contributed by atoms with Gasteiger partial charge < -0.3 is 14.6 Å². The molecular weight excluding hydrogens is 390 g/mol. The summed E-state index contributed by atoms with van der Waals surface area (Å²) in [5, 5.41) is 11.9. The van der Waals surface area contributed by atoms with Crippen molar-refractivity contribution in [1.82, 2.24) is 25.0 Å². The summed E-state index contributed by atoms with van der Waals surface area (Å²) in [4.78, 5) is 15.2. The summed E-state index contributed by atoms with van der Waals surface area (Å²) in [7, 11) is 1.59. The molecule has 1 unspecified atom stereocenters. The minimum atomic E-state index is -0.247. The molecule has 0 aliphatic carbocycles. The number of fused-ring (bicyclic) bond motifs is 1. The minimum Gasteiger partial charge on any atom is -0.497 e. The maximum absolute atomic E-state index is 12.7. The van der Waals surface area contributed by atoms with Gasteiger partial charge in [-0.25, -0.2) is 0 Å². The highest BCUT2D eigenvalue weighted by atomic mass is 16.5. The Hall–Kier alpha value is -3.19. The zero-order chi connectivity index (χ0) is 21.8. The van der Waals surface area contributed by atoms with Crippen molar-refractivity contribution in [3.8, 4) is 5.75 Å². The fourth-order valence-corrected chi connectivity index (χ4v) is 4.00. The summed E-state index contributed by atoms with van der Waals surface area (Å²) >= 11 is 0. The molecule has 2 heterocycles. The van der Waals surface area contributed by atoms with E-state index in [9.17, 15) is 4.79 Å². The van der Waals surface area contributed by atoms with Crippen LogP contribution in [0.1, 0.15) is 46.1 Å². The van der Waals surface area contributed by atoms with Crippen molar-refractivity contribution in [2.75, 3.05) is 20.2 Å². The number of hydrogen-bond acceptors (Lipinski definition) is 5. The van der Waals surface area contributed by atoms with Crippen molar-refractivity contribution >= 4 is 5.91 Å². The molecule has 0 fully saturated rings. The Bertz CT molecular complexity index is 1060. The normalized spacial score (nSPS) is 15.1. The largest absolute Gasteiger partial charge is 0.497 e. The van der Waals surface area contributed by atoms with Crippen LogP contribution in [0, 0.1) is 6.92 Å².